The Morgan fingerprint density at radius 3 is 2.27 bits per heavy atom. The first kappa shape index (κ1) is 32.1. The number of hydrogen-bond acceptors (Lipinski definition) is 9. The predicted octanol–water partition coefficient (Wildman–Crippen LogP) is 5.90. The van der Waals surface area contributed by atoms with Gasteiger partial charge in [-0.25, -0.2) is 4.98 Å². The molecule has 0 aliphatic rings. The van der Waals surface area contributed by atoms with Crippen LogP contribution in [0.25, 0.3) is 11.4 Å². The molecule has 0 spiro atoms. The number of anilines is 1. The van der Waals surface area contributed by atoms with Gasteiger partial charge in [-0.2, -0.15) is 0 Å². The highest BCUT2D eigenvalue weighted by Crippen LogP contribution is 2.47. The van der Waals surface area contributed by atoms with Gasteiger partial charge in [0.25, 0.3) is 5.56 Å². The lowest BCUT2D eigenvalue weighted by Crippen LogP contribution is -2.33. The molecule has 0 aliphatic carbocycles. The molecule has 0 saturated carbocycles. The molecular weight excluding hydrogens is 545 g/mol. The van der Waals surface area contributed by atoms with Gasteiger partial charge in [0.15, 0.2) is 6.35 Å². The van der Waals surface area contributed by atoms with Crippen LogP contribution in [-0.4, -0.2) is 47.2 Å². The van der Waals surface area contributed by atoms with E-state index in [1.165, 1.54) is 16.3 Å². The monoisotopic (exact) mass is 585 g/mol. The molecule has 0 atom stereocenters. The average molecular weight is 586 g/mol. The van der Waals surface area contributed by atoms with Crippen LogP contribution in [0, 0.1) is 0 Å². The number of aromatic nitrogens is 2. The fourth-order valence-corrected chi connectivity index (χ4v) is 5.33. The van der Waals surface area contributed by atoms with E-state index < -0.39 is 19.2 Å². The lowest BCUT2D eigenvalue weighted by molar-refractivity contribution is -0.155. The molecule has 1 N–H and O–H groups in total. The molecule has 0 radical (unpaired) electrons. The smallest absolute Gasteiger partial charge is 0.367 e. The number of rotatable bonds is 15. The lowest BCUT2D eigenvalue weighted by Gasteiger charge is -2.21. The van der Waals surface area contributed by atoms with Gasteiger partial charge in [0.05, 0.1) is 19.4 Å². The first-order chi connectivity index (χ1) is 19.5. The second-order valence-electron chi connectivity index (χ2n) is 10.2. The Kier molecular flexibility index (Phi) is 11.7. The number of aryl methyl sites for hydroxylation is 1. The van der Waals surface area contributed by atoms with Crippen molar-refractivity contribution in [2.75, 3.05) is 31.4 Å². The highest BCUT2D eigenvalue weighted by molar-refractivity contribution is 7.53. The molecule has 0 unspecified atom stereocenters. The van der Waals surface area contributed by atoms with E-state index in [1.807, 2.05) is 18.2 Å². The molecule has 11 heteroatoms. The van der Waals surface area contributed by atoms with Gasteiger partial charge in [-0.05, 0) is 77.3 Å². The minimum absolute atomic E-state index is 0.234. The summed E-state index contributed by atoms with van der Waals surface area (Å²) in [6.45, 7) is 9.51. The number of carbonyl (C=O) groups excluding carboxylic acids is 1. The van der Waals surface area contributed by atoms with Crippen molar-refractivity contribution in [1.29, 1.82) is 0 Å². The van der Waals surface area contributed by atoms with Crippen LogP contribution in [0.4, 0.5) is 5.69 Å². The average Bonchev–Trinajstić information content (AvgIpc) is 2.92. The molecule has 10 nitrogen and oxygen atoms in total. The van der Waals surface area contributed by atoms with Gasteiger partial charge in [-0.3, -0.25) is 18.7 Å². The summed E-state index contributed by atoms with van der Waals surface area (Å²) in [6.07, 6.45) is 2.93. The van der Waals surface area contributed by atoms with E-state index in [2.05, 4.69) is 22.4 Å². The molecule has 0 fully saturated rings. The van der Waals surface area contributed by atoms with Crippen molar-refractivity contribution in [3.63, 3.8) is 0 Å². The van der Waals surface area contributed by atoms with Gasteiger partial charge in [0.2, 0.25) is 0 Å². The van der Waals surface area contributed by atoms with E-state index in [9.17, 15) is 14.2 Å². The number of ether oxygens (including phenoxy) is 2. The molecule has 2 aromatic carbocycles. The minimum Gasteiger partial charge on any atom is -0.481 e. The molecule has 1 heterocycles. The van der Waals surface area contributed by atoms with Crippen LogP contribution in [0.2, 0.25) is 0 Å². The van der Waals surface area contributed by atoms with E-state index in [-0.39, 0.29) is 31.7 Å². The van der Waals surface area contributed by atoms with Crippen molar-refractivity contribution in [3.05, 3.63) is 76.7 Å². The Bertz CT molecular complexity index is 1360. The molecule has 222 valence electrons. The summed E-state index contributed by atoms with van der Waals surface area (Å²) in [5, 5.41) is 3.17. The number of hydrogen-bond donors (Lipinski definition) is 1. The van der Waals surface area contributed by atoms with Gasteiger partial charge < -0.3 is 23.8 Å². The molecule has 0 saturated heterocycles. The van der Waals surface area contributed by atoms with Crippen molar-refractivity contribution in [1.82, 2.24) is 9.55 Å². The number of nitrogens with zero attached hydrogens (tertiary/aromatic N) is 2. The van der Waals surface area contributed by atoms with Crippen molar-refractivity contribution in [3.8, 4) is 17.1 Å². The van der Waals surface area contributed by atoms with E-state index in [4.69, 9.17) is 18.5 Å². The molecular formula is C30H40N3O7P. The quantitative estimate of drug-likeness (QED) is 0.132. The van der Waals surface area contributed by atoms with Crippen molar-refractivity contribution < 1.29 is 27.9 Å². The maximum atomic E-state index is 13.5. The van der Waals surface area contributed by atoms with E-state index in [1.54, 1.807) is 58.9 Å². The van der Waals surface area contributed by atoms with E-state index in [0.29, 0.717) is 29.4 Å². The molecule has 0 amide bonds. The normalized spacial score (nSPS) is 11.7. The van der Waals surface area contributed by atoms with Crippen LogP contribution in [0.3, 0.4) is 0 Å². The second kappa shape index (κ2) is 15.0. The zero-order chi connectivity index (χ0) is 29.9. The summed E-state index contributed by atoms with van der Waals surface area (Å²) in [4.78, 5) is 30.8. The number of esters is 1. The summed E-state index contributed by atoms with van der Waals surface area (Å²) in [6, 6.07) is 16.9. The third-order valence-corrected chi connectivity index (χ3v) is 7.46. The van der Waals surface area contributed by atoms with Crippen LogP contribution >= 0.6 is 7.60 Å². The summed E-state index contributed by atoms with van der Waals surface area (Å²) in [7, 11) is -3.38. The van der Waals surface area contributed by atoms with Gasteiger partial charge in [0, 0.05) is 12.1 Å². The maximum Gasteiger partial charge on any atom is 0.367 e. The predicted molar refractivity (Wildman–Crippen MR) is 159 cm³/mol. The summed E-state index contributed by atoms with van der Waals surface area (Å²) in [5.41, 5.74) is 1.02. The van der Waals surface area contributed by atoms with Crippen molar-refractivity contribution in [2.45, 2.75) is 59.6 Å². The molecule has 1 aromatic heterocycles. The van der Waals surface area contributed by atoms with Gasteiger partial charge in [-0.1, -0.05) is 30.3 Å². The number of carbonyl (C=O) groups is 1. The van der Waals surface area contributed by atoms with Crippen molar-refractivity contribution in [2.24, 2.45) is 0 Å². The largest absolute Gasteiger partial charge is 0.481 e. The third-order valence-electron chi connectivity index (χ3n) is 5.71. The molecule has 0 bridgehead atoms. The first-order valence-electron chi connectivity index (χ1n) is 13.7. The van der Waals surface area contributed by atoms with Crippen LogP contribution in [-0.2, 0) is 36.1 Å². The Morgan fingerprint density at radius 2 is 1.66 bits per heavy atom. The standard InChI is InChI=1S/C30H40N3O7P/c1-6-38-41(36,39-7-2)22-37-25-17-15-24(16-18-25)28-32-20-26(31-19-11-14-23-12-9-8-10-13-23)29(35)33(28)21-27(34)40-30(3,4)5/h8-10,12-13,15-18,20,31H,6-7,11,14,19,21-22H2,1-5H3. The lowest BCUT2D eigenvalue weighted by atomic mass is 10.1. The number of nitrogens with one attached hydrogen (secondary N) is 1. The van der Waals surface area contributed by atoms with Crippen LogP contribution < -0.4 is 15.6 Å². The van der Waals surface area contributed by atoms with Gasteiger partial charge >= 0.3 is 13.6 Å². The van der Waals surface area contributed by atoms with Crippen LogP contribution in [0.15, 0.2) is 65.6 Å². The topological polar surface area (TPSA) is 118 Å². The zero-order valence-corrected chi connectivity index (χ0v) is 25.3. The zero-order valence-electron chi connectivity index (χ0n) is 24.4. The third kappa shape index (κ3) is 10.1. The van der Waals surface area contributed by atoms with Crippen molar-refractivity contribution >= 4 is 19.3 Å². The minimum atomic E-state index is -3.38. The van der Waals surface area contributed by atoms with Gasteiger partial charge in [0.1, 0.15) is 29.4 Å². The molecule has 3 rings (SSSR count). The van der Waals surface area contributed by atoms with Crippen LogP contribution in [0.5, 0.6) is 5.75 Å². The van der Waals surface area contributed by atoms with Crippen LogP contribution in [0.1, 0.15) is 46.6 Å². The number of benzene rings is 2. The Balaban J connectivity index is 1.80. The fraction of sp³-hybridized carbons (Fsp3) is 0.433. The van der Waals surface area contributed by atoms with E-state index >= 15 is 0 Å². The molecule has 3 aromatic rings. The molecule has 0 aliphatic heterocycles. The highest BCUT2D eigenvalue weighted by atomic mass is 31.2. The Labute approximate surface area is 241 Å². The second-order valence-corrected chi connectivity index (χ2v) is 12.2. The SMILES string of the molecule is CCOP(=O)(COc1ccc(-c2ncc(NCCCc3ccccc3)c(=O)n2CC(=O)OC(C)(C)C)cc1)OCC. The fourth-order valence-electron chi connectivity index (χ4n) is 4.01. The summed E-state index contributed by atoms with van der Waals surface area (Å²) in [5.74, 6) is 0.189. The summed E-state index contributed by atoms with van der Waals surface area (Å²) >= 11 is 0. The van der Waals surface area contributed by atoms with Gasteiger partial charge in [-0.15, -0.1) is 0 Å². The maximum absolute atomic E-state index is 13.5. The summed E-state index contributed by atoms with van der Waals surface area (Å²) < 4.78 is 35.7. The van der Waals surface area contributed by atoms with E-state index in [0.717, 1.165) is 12.8 Å². The Morgan fingerprint density at radius 1 is 1.00 bits per heavy atom. The highest BCUT2D eigenvalue weighted by Gasteiger charge is 2.25. The Hall–Kier alpha value is -3.46. The molecule has 41 heavy (non-hydrogen) atoms. The first-order valence-corrected chi connectivity index (χ1v) is 15.5.